The normalized spacial score (nSPS) is 11.1. The molecule has 0 aliphatic rings. The molecule has 4 heterocycles. The molecule has 0 spiro atoms. The molecule has 0 amide bonds. The lowest BCUT2D eigenvalue weighted by Gasteiger charge is -2.15. The molecule has 3 N–H and O–H groups in total. The molecule has 0 radical (unpaired) electrons. The Morgan fingerprint density at radius 2 is 1.17 bits per heavy atom. The van der Waals surface area contributed by atoms with Crippen LogP contribution in [0.25, 0.3) is 33.6 Å². The predicted molar refractivity (Wildman–Crippen MR) is 177 cm³/mol. The summed E-state index contributed by atoms with van der Waals surface area (Å²) in [5.41, 5.74) is 8.14. The standard InChI is InChI=1S/C33H31Cl2N9O2/c1-45-32-20(6-3-7-22-18-37-43-41-22)12-14-28(39-32)26-10-4-8-24(30(26)34)25-9-5-11-27(31(25)35)29-15-13-21(33(40-29)46-2)16-36-17-23-19-38-44-42-23/h4-5,8-15,18-19,36H,3,6-7,16-17H2,1-2H3,(H,37,41,43)(H,38,42,44). The van der Waals surface area contributed by atoms with Crippen molar-refractivity contribution in [3.05, 3.63) is 106 Å². The van der Waals surface area contributed by atoms with Crippen LogP contribution in [0.1, 0.15) is 28.9 Å². The van der Waals surface area contributed by atoms with Crippen molar-refractivity contribution in [3.63, 3.8) is 0 Å². The van der Waals surface area contributed by atoms with Crippen LogP contribution in [0.3, 0.4) is 0 Å². The van der Waals surface area contributed by atoms with Gasteiger partial charge in [0.2, 0.25) is 11.8 Å². The van der Waals surface area contributed by atoms with E-state index in [0.717, 1.165) is 64.0 Å². The van der Waals surface area contributed by atoms with Gasteiger partial charge in [-0.2, -0.15) is 30.8 Å². The van der Waals surface area contributed by atoms with Crippen LogP contribution in [-0.2, 0) is 25.9 Å². The zero-order valence-electron chi connectivity index (χ0n) is 25.2. The van der Waals surface area contributed by atoms with Gasteiger partial charge in [-0.15, -0.1) is 0 Å². The maximum atomic E-state index is 7.07. The predicted octanol–water partition coefficient (Wildman–Crippen LogP) is 6.50. The van der Waals surface area contributed by atoms with Crippen molar-refractivity contribution in [2.75, 3.05) is 14.2 Å². The van der Waals surface area contributed by atoms with Crippen LogP contribution in [0.15, 0.2) is 73.1 Å². The Morgan fingerprint density at radius 3 is 1.74 bits per heavy atom. The molecule has 0 unspecified atom stereocenters. The zero-order chi connectivity index (χ0) is 31.9. The van der Waals surface area contributed by atoms with Gasteiger partial charge in [-0.25, -0.2) is 9.97 Å². The SMILES string of the molecule is COc1nc(-c2cccc(-c3cccc(-c4ccc(CNCc5cn[nH]n5)c(OC)n4)c3Cl)c2Cl)ccc1CCCc1cn[nH]n1. The number of nitrogens with one attached hydrogen (secondary N) is 3. The smallest absolute Gasteiger partial charge is 0.218 e. The number of aryl methyl sites for hydroxylation is 2. The summed E-state index contributed by atoms with van der Waals surface area (Å²) >= 11 is 14.1. The second-order valence-electron chi connectivity index (χ2n) is 10.4. The molecule has 4 aromatic heterocycles. The average molecular weight is 657 g/mol. The Labute approximate surface area is 275 Å². The summed E-state index contributed by atoms with van der Waals surface area (Å²) in [6, 6.07) is 19.6. The molecule has 0 saturated heterocycles. The molecule has 6 rings (SSSR count). The van der Waals surface area contributed by atoms with E-state index in [1.807, 2.05) is 60.7 Å². The van der Waals surface area contributed by atoms with Crippen molar-refractivity contribution in [1.82, 2.24) is 46.1 Å². The van der Waals surface area contributed by atoms with E-state index in [1.54, 1.807) is 26.6 Å². The van der Waals surface area contributed by atoms with Gasteiger partial charge < -0.3 is 14.8 Å². The molecule has 46 heavy (non-hydrogen) atoms. The van der Waals surface area contributed by atoms with Crippen LogP contribution in [0.4, 0.5) is 0 Å². The third-order valence-corrected chi connectivity index (χ3v) is 8.35. The summed E-state index contributed by atoms with van der Waals surface area (Å²) in [7, 11) is 3.23. The van der Waals surface area contributed by atoms with E-state index in [1.165, 1.54) is 0 Å². The lowest BCUT2D eigenvalue weighted by Crippen LogP contribution is -2.14. The number of aromatic nitrogens is 8. The molecule has 2 aromatic carbocycles. The molecular weight excluding hydrogens is 625 g/mol. The molecular formula is C33H31Cl2N9O2. The van der Waals surface area contributed by atoms with Gasteiger partial charge in [0.25, 0.3) is 0 Å². The fourth-order valence-electron chi connectivity index (χ4n) is 5.23. The van der Waals surface area contributed by atoms with E-state index in [9.17, 15) is 0 Å². The van der Waals surface area contributed by atoms with Gasteiger partial charge in [0.1, 0.15) is 0 Å². The van der Waals surface area contributed by atoms with Gasteiger partial charge in [0, 0.05) is 46.5 Å². The Morgan fingerprint density at radius 1 is 0.630 bits per heavy atom. The van der Waals surface area contributed by atoms with E-state index < -0.39 is 0 Å². The number of ether oxygens (including phenoxy) is 2. The first-order chi connectivity index (χ1) is 22.6. The molecule has 0 fully saturated rings. The Hall–Kier alpha value is -4.84. The topological polar surface area (TPSA) is 139 Å². The number of aromatic amines is 2. The van der Waals surface area contributed by atoms with Crippen LogP contribution in [0.5, 0.6) is 11.8 Å². The van der Waals surface area contributed by atoms with Crippen LogP contribution >= 0.6 is 23.2 Å². The molecule has 0 aliphatic heterocycles. The molecule has 0 aliphatic carbocycles. The lowest BCUT2D eigenvalue weighted by atomic mass is 9.98. The minimum Gasteiger partial charge on any atom is -0.481 e. The third kappa shape index (κ3) is 6.86. The molecule has 0 atom stereocenters. The van der Waals surface area contributed by atoms with Crippen LogP contribution in [0.2, 0.25) is 10.0 Å². The second-order valence-corrected chi connectivity index (χ2v) is 11.2. The first-order valence-electron chi connectivity index (χ1n) is 14.6. The highest BCUT2D eigenvalue weighted by Gasteiger charge is 2.18. The highest BCUT2D eigenvalue weighted by molar-refractivity contribution is 6.39. The number of hydrogen-bond acceptors (Lipinski definition) is 9. The minimum absolute atomic E-state index is 0.508. The number of methoxy groups -OCH3 is 2. The largest absolute Gasteiger partial charge is 0.481 e. The van der Waals surface area contributed by atoms with Gasteiger partial charge in [-0.3, -0.25) is 0 Å². The second kappa shape index (κ2) is 14.5. The van der Waals surface area contributed by atoms with Crippen molar-refractivity contribution >= 4 is 23.2 Å². The number of halogens is 2. The number of nitrogens with zero attached hydrogens (tertiary/aromatic N) is 6. The number of H-pyrrole nitrogens is 2. The summed E-state index contributed by atoms with van der Waals surface area (Å²) in [5, 5.41) is 25.5. The highest BCUT2D eigenvalue weighted by Crippen LogP contribution is 2.42. The fourth-order valence-corrected chi connectivity index (χ4v) is 5.88. The summed E-state index contributed by atoms with van der Waals surface area (Å²) in [6.07, 6.45) is 5.90. The zero-order valence-corrected chi connectivity index (χ0v) is 26.7. The van der Waals surface area contributed by atoms with Gasteiger partial charge in [0.05, 0.1) is 59.4 Å². The highest BCUT2D eigenvalue weighted by atomic mass is 35.5. The molecule has 0 saturated carbocycles. The number of hydrogen-bond donors (Lipinski definition) is 3. The monoisotopic (exact) mass is 655 g/mol. The van der Waals surface area contributed by atoms with Crippen molar-refractivity contribution in [2.24, 2.45) is 0 Å². The molecule has 11 nitrogen and oxygen atoms in total. The van der Waals surface area contributed by atoms with Crippen molar-refractivity contribution < 1.29 is 9.47 Å². The maximum Gasteiger partial charge on any atom is 0.218 e. The van der Waals surface area contributed by atoms with Gasteiger partial charge >= 0.3 is 0 Å². The fraction of sp³-hybridized carbons (Fsp3) is 0.212. The molecule has 13 heteroatoms. The molecule has 234 valence electrons. The summed E-state index contributed by atoms with van der Waals surface area (Å²) in [6.45, 7) is 1.11. The van der Waals surface area contributed by atoms with E-state index in [2.05, 4.69) is 36.1 Å². The summed E-state index contributed by atoms with van der Waals surface area (Å²) in [5.74, 6) is 1.07. The summed E-state index contributed by atoms with van der Waals surface area (Å²) in [4.78, 5) is 9.59. The lowest BCUT2D eigenvalue weighted by molar-refractivity contribution is 0.391. The number of benzene rings is 2. The minimum atomic E-state index is 0.508. The van der Waals surface area contributed by atoms with Crippen molar-refractivity contribution in [1.29, 1.82) is 0 Å². The van der Waals surface area contributed by atoms with Crippen LogP contribution in [0, 0.1) is 0 Å². The Balaban J connectivity index is 1.24. The summed E-state index contributed by atoms with van der Waals surface area (Å²) < 4.78 is 11.3. The maximum absolute atomic E-state index is 7.07. The average Bonchev–Trinajstić information content (AvgIpc) is 3.81. The van der Waals surface area contributed by atoms with E-state index in [4.69, 9.17) is 42.6 Å². The Bertz CT molecular complexity index is 1780. The Kier molecular flexibility index (Phi) is 9.82. The van der Waals surface area contributed by atoms with Crippen LogP contribution in [-0.4, -0.2) is 55.0 Å². The quantitative estimate of drug-likeness (QED) is 0.127. The first-order valence-corrected chi connectivity index (χ1v) is 15.4. The van der Waals surface area contributed by atoms with Gasteiger partial charge in [-0.1, -0.05) is 71.7 Å². The molecule has 6 aromatic rings. The number of pyridine rings is 2. The van der Waals surface area contributed by atoms with Gasteiger partial charge in [0.15, 0.2) is 0 Å². The van der Waals surface area contributed by atoms with E-state index in [-0.39, 0.29) is 0 Å². The van der Waals surface area contributed by atoms with Crippen molar-refractivity contribution in [2.45, 2.75) is 32.4 Å². The van der Waals surface area contributed by atoms with Crippen LogP contribution < -0.4 is 14.8 Å². The number of rotatable bonds is 13. The third-order valence-electron chi connectivity index (χ3n) is 7.53. The van der Waals surface area contributed by atoms with Gasteiger partial charge in [-0.05, 0) is 31.4 Å². The van der Waals surface area contributed by atoms with E-state index in [0.29, 0.717) is 46.3 Å². The van der Waals surface area contributed by atoms with E-state index >= 15 is 0 Å². The van der Waals surface area contributed by atoms with Crippen molar-refractivity contribution in [3.8, 4) is 45.4 Å². The first kappa shape index (κ1) is 31.2. The molecule has 0 bridgehead atoms.